The molecule has 0 bridgehead atoms. The summed E-state index contributed by atoms with van der Waals surface area (Å²) >= 11 is 0. The number of benzene rings is 1. The van der Waals surface area contributed by atoms with Gasteiger partial charge in [0.15, 0.2) is 0 Å². The Labute approximate surface area is 116 Å². The van der Waals surface area contributed by atoms with Crippen molar-refractivity contribution in [3.8, 4) is 0 Å². The summed E-state index contributed by atoms with van der Waals surface area (Å²) in [6.45, 7) is 4.97. The number of anilines is 1. The van der Waals surface area contributed by atoms with Crippen LogP contribution >= 0.6 is 0 Å². The molecule has 1 atom stereocenters. The van der Waals surface area contributed by atoms with Gasteiger partial charge in [0.05, 0.1) is 6.04 Å². The van der Waals surface area contributed by atoms with E-state index in [1.165, 1.54) is 5.56 Å². The van der Waals surface area contributed by atoms with Crippen LogP contribution in [0.25, 0.3) is 0 Å². The maximum atomic E-state index is 11.9. The third-order valence-corrected chi connectivity index (χ3v) is 2.76. The lowest BCUT2D eigenvalue weighted by Crippen LogP contribution is -2.36. The number of hydrogen-bond acceptors (Lipinski definition) is 3. The van der Waals surface area contributed by atoms with Gasteiger partial charge in [-0.3, -0.25) is 4.79 Å². The van der Waals surface area contributed by atoms with E-state index in [4.69, 9.17) is 5.73 Å². The predicted molar refractivity (Wildman–Crippen MR) is 79.9 cm³/mol. The largest absolute Gasteiger partial charge is 0.325 e. The van der Waals surface area contributed by atoms with Crippen molar-refractivity contribution < 1.29 is 4.79 Å². The molecular formula is C15H25N3O. The second-order valence-corrected chi connectivity index (χ2v) is 5.66. The van der Waals surface area contributed by atoms with Gasteiger partial charge in [0.25, 0.3) is 0 Å². The van der Waals surface area contributed by atoms with Crippen LogP contribution < -0.4 is 11.1 Å². The molecule has 0 heterocycles. The molecule has 0 aliphatic heterocycles. The van der Waals surface area contributed by atoms with E-state index in [0.29, 0.717) is 12.3 Å². The third kappa shape index (κ3) is 5.85. The maximum absolute atomic E-state index is 11.9. The van der Waals surface area contributed by atoms with Crippen LogP contribution in [-0.4, -0.2) is 30.9 Å². The molecule has 0 aromatic heterocycles. The first-order valence-corrected chi connectivity index (χ1v) is 6.68. The van der Waals surface area contributed by atoms with Crippen molar-refractivity contribution in [2.24, 2.45) is 11.7 Å². The van der Waals surface area contributed by atoms with Crippen LogP contribution in [0.4, 0.5) is 5.69 Å². The molecule has 0 saturated carbocycles. The SMILES string of the molecule is CC(C)CC(N)C(=O)Nc1cccc(CN(C)C)c1. The molecule has 4 heteroatoms. The van der Waals surface area contributed by atoms with Crippen LogP contribution in [0.1, 0.15) is 25.8 Å². The Morgan fingerprint density at radius 3 is 2.63 bits per heavy atom. The van der Waals surface area contributed by atoms with E-state index in [1.54, 1.807) is 0 Å². The number of nitrogens with two attached hydrogens (primary N) is 1. The smallest absolute Gasteiger partial charge is 0.241 e. The summed E-state index contributed by atoms with van der Waals surface area (Å²) in [5.41, 5.74) is 7.84. The standard InChI is InChI=1S/C15H25N3O/c1-11(2)8-14(16)15(19)17-13-7-5-6-12(9-13)10-18(3)4/h5-7,9,11,14H,8,10,16H2,1-4H3,(H,17,19). The molecule has 19 heavy (non-hydrogen) atoms. The van der Waals surface area contributed by atoms with Gasteiger partial charge in [-0.2, -0.15) is 0 Å². The lowest BCUT2D eigenvalue weighted by Gasteiger charge is -2.15. The Morgan fingerprint density at radius 1 is 1.37 bits per heavy atom. The molecule has 0 radical (unpaired) electrons. The highest BCUT2D eigenvalue weighted by molar-refractivity contribution is 5.94. The molecular weight excluding hydrogens is 238 g/mol. The zero-order chi connectivity index (χ0) is 14.4. The van der Waals surface area contributed by atoms with Crippen molar-refractivity contribution >= 4 is 11.6 Å². The number of carbonyl (C=O) groups is 1. The number of nitrogens with one attached hydrogen (secondary N) is 1. The van der Waals surface area contributed by atoms with Gasteiger partial charge in [-0.25, -0.2) is 0 Å². The van der Waals surface area contributed by atoms with Gasteiger partial charge in [-0.05, 0) is 44.1 Å². The summed E-state index contributed by atoms with van der Waals surface area (Å²) in [6, 6.07) is 7.42. The minimum Gasteiger partial charge on any atom is -0.325 e. The fraction of sp³-hybridized carbons (Fsp3) is 0.533. The van der Waals surface area contributed by atoms with Gasteiger partial charge >= 0.3 is 0 Å². The number of nitrogens with zero attached hydrogens (tertiary/aromatic N) is 1. The monoisotopic (exact) mass is 263 g/mol. The van der Waals surface area contributed by atoms with Crippen molar-refractivity contribution in [1.82, 2.24) is 4.90 Å². The van der Waals surface area contributed by atoms with Crippen LogP contribution in [0.5, 0.6) is 0 Å². The van der Waals surface area contributed by atoms with E-state index in [-0.39, 0.29) is 5.91 Å². The normalized spacial score (nSPS) is 12.8. The summed E-state index contributed by atoms with van der Waals surface area (Å²) < 4.78 is 0. The van der Waals surface area contributed by atoms with Crippen LogP contribution in [0.3, 0.4) is 0 Å². The summed E-state index contributed by atoms with van der Waals surface area (Å²) in [6.07, 6.45) is 0.698. The minimum atomic E-state index is -0.447. The Hall–Kier alpha value is -1.39. The van der Waals surface area contributed by atoms with Gasteiger partial charge in [0.2, 0.25) is 5.91 Å². The number of amides is 1. The highest BCUT2D eigenvalue weighted by Crippen LogP contribution is 2.13. The maximum Gasteiger partial charge on any atom is 0.241 e. The van der Waals surface area contributed by atoms with E-state index >= 15 is 0 Å². The van der Waals surface area contributed by atoms with Crippen LogP contribution in [0.15, 0.2) is 24.3 Å². The first-order chi connectivity index (χ1) is 8.88. The number of carbonyl (C=O) groups excluding carboxylic acids is 1. The Kier molecular flexibility index (Phi) is 5.99. The molecule has 1 unspecified atom stereocenters. The van der Waals surface area contributed by atoms with Crippen LogP contribution in [0, 0.1) is 5.92 Å². The van der Waals surface area contributed by atoms with Gasteiger partial charge in [0, 0.05) is 12.2 Å². The van der Waals surface area contributed by atoms with Crippen molar-refractivity contribution in [1.29, 1.82) is 0 Å². The average Bonchev–Trinajstić information content (AvgIpc) is 2.27. The number of hydrogen-bond donors (Lipinski definition) is 2. The zero-order valence-corrected chi connectivity index (χ0v) is 12.3. The first kappa shape index (κ1) is 15.7. The molecule has 0 aliphatic rings. The average molecular weight is 263 g/mol. The second-order valence-electron chi connectivity index (χ2n) is 5.66. The summed E-state index contributed by atoms with van der Waals surface area (Å²) in [7, 11) is 4.04. The molecule has 4 nitrogen and oxygen atoms in total. The highest BCUT2D eigenvalue weighted by atomic mass is 16.2. The van der Waals surface area contributed by atoms with Crippen molar-refractivity contribution in [3.05, 3.63) is 29.8 Å². The fourth-order valence-electron chi connectivity index (χ4n) is 1.96. The Morgan fingerprint density at radius 2 is 2.05 bits per heavy atom. The third-order valence-electron chi connectivity index (χ3n) is 2.76. The molecule has 3 N–H and O–H groups in total. The van der Waals surface area contributed by atoms with Crippen molar-refractivity contribution in [2.75, 3.05) is 19.4 Å². The molecule has 1 aromatic rings. The van der Waals surface area contributed by atoms with Gasteiger partial charge in [0.1, 0.15) is 0 Å². The van der Waals surface area contributed by atoms with Gasteiger partial charge in [-0.15, -0.1) is 0 Å². The van der Waals surface area contributed by atoms with Crippen LogP contribution in [-0.2, 0) is 11.3 Å². The van der Waals surface area contributed by atoms with E-state index in [9.17, 15) is 4.79 Å². The van der Waals surface area contributed by atoms with Gasteiger partial charge < -0.3 is 16.0 Å². The molecule has 0 aliphatic carbocycles. The Balaban J connectivity index is 2.63. The first-order valence-electron chi connectivity index (χ1n) is 6.68. The van der Waals surface area contributed by atoms with Crippen LogP contribution in [0.2, 0.25) is 0 Å². The lowest BCUT2D eigenvalue weighted by molar-refractivity contribution is -0.117. The summed E-state index contributed by atoms with van der Waals surface area (Å²) in [5, 5.41) is 2.88. The number of rotatable bonds is 6. The molecule has 1 rings (SSSR count). The topological polar surface area (TPSA) is 58.4 Å². The zero-order valence-electron chi connectivity index (χ0n) is 12.3. The molecule has 106 valence electrons. The molecule has 0 fully saturated rings. The summed E-state index contributed by atoms with van der Waals surface area (Å²) in [5.74, 6) is 0.302. The van der Waals surface area contributed by atoms with E-state index in [0.717, 1.165) is 12.2 Å². The minimum absolute atomic E-state index is 0.115. The van der Waals surface area contributed by atoms with Gasteiger partial charge in [-0.1, -0.05) is 26.0 Å². The van der Waals surface area contributed by atoms with E-state index in [1.807, 2.05) is 38.4 Å². The van der Waals surface area contributed by atoms with E-state index in [2.05, 4.69) is 24.1 Å². The predicted octanol–water partition coefficient (Wildman–Crippen LogP) is 2.06. The fourth-order valence-corrected chi connectivity index (χ4v) is 1.96. The molecule has 1 amide bonds. The lowest BCUT2D eigenvalue weighted by atomic mass is 10.0. The highest BCUT2D eigenvalue weighted by Gasteiger charge is 2.15. The molecule has 0 spiro atoms. The second kappa shape index (κ2) is 7.26. The Bertz CT molecular complexity index is 416. The molecule has 0 saturated heterocycles. The van der Waals surface area contributed by atoms with Crippen molar-refractivity contribution in [2.45, 2.75) is 32.9 Å². The quantitative estimate of drug-likeness (QED) is 0.826. The van der Waals surface area contributed by atoms with E-state index < -0.39 is 6.04 Å². The summed E-state index contributed by atoms with van der Waals surface area (Å²) in [4.78, 5) is 14.0. The van der Waals surface area contributed by atoms with Crippen molar-refractivity contribution in [3.63, 3.8) is 0 Å². The molecule has 1 aromatic carbocycles.